The van der Waals surface area contributed by atoms with Crippen molar-refractivity contribution in [2.24, 2.45) is 5.92 Å². The molecule has 1 N–H and O–H groups in total. The minimum atomic E-state index is 0.571. The SMILES string of the molecule is CNc1ccnc(C2CCCC(C)C2)n1. The highest BCUT2D eigenvalue weighted by Gasteiger charge is 2.22. The Morgan fingerprint density at radius 1 is 1.40 bits per heavy atom. The van der Waals surface area contributed by atoms with Crippen molar-refractivity contribution < 1.29 is 0 Å². The standard InChI is InChI=1S/C12H19N3/c1-9-4-3-5-10(8-9)12-14-7-6-11(13-2)15-12/h6-7,9-10H,3-5,8H2,1-2H3,(H,13,14,15). The van der Waals surface area contributed by atoms with Crippen LogP contribution in [0.3, 0.4) is 0 Å². The molecule has 3 nitrogen and oxygen atoms in total. The second-order valence-corrected chi connectivity index (χ2v) is 4.52. The van der Waals surface area contributed by atoms with Gasteiger partial charge in [-0.25, -0.2) is 9.97 Å². The summed E-state index contributed by atoms with van der Waals surface area (Å²) < 4.78 is 0. The maximum atomic E-state index is 4.53. The van der Waals surface area contributed by atoms with Gasteiger partial charge in [0.1, 0.15) is 11.6 Å². The number of nitrogens with one attached hydrogen (secondary N) is 1. The lowest BCUT2D eigenvalue weighted by Gasteiger charge is -2.25. The monoisotopic (exact) mass is 205 g/mol. The van der Waals surface area contributed by atoms with Crippen molar-refractivity contribution in [2.75, 3.05) is 12.4 Å². The van der Waals surface area contributed by atoms with Crippen molar-refractivity contribution in [1.29, 1.82) is 0 Å². The van der Waals surface area contributed by atoms with Gasteiger partial charge in [0.15, 0.2) is 0 Å². The van der Waals surface area contributed by atoms with E-state index in [1.54, 1.807) is 0 Å². The van der Waals surface area contributed by atoms with E-state index in [0.717, 1.165) is 17.6 Å². The fourth-order valence-corrected chi connectivity index (χ4v) is 2.38. The highest BCUT2D eigenvalue weighted by molar-refractivity contribution is 5.32. The van der Waals surface area contributed by atoms with Crippen LogP contribution in [-0.4, -0.2) is 17.0 Å². The first-order valence-electron chi connectivity index (χ1n) is 5.80. The average molecular weight is 205 g/mol. The zero-order valence-corrected chi connectivity index (χ0v) is 9.53. The van der Waals surface area contributed by atoms with E-state index in [4.69, 9.17) is 0 Å². The van der Waals surface area contributed by atoms with Gasteiger partial charge in [-0.05, 0) is 24.8 Å². The molecule has 0 spiro atoms. The molecule has 1 heterocycles. The molecule has 1 saturated carbocycles. The van der Waals surface area contributed by atoms with Crippen molar-refractivity contribution in [2.45, 2.75) is 38.5 Å². The summed E-state index contributed by atoms with van der Waals surface area (Å²) in [6, 6.07) is 1.91. The molecule has 82 valence electrons. The van der Waals surface area contributed by atoms with Gasteiger partial charge >= 0.3 is 0 Å². The topological polar surface area (TPSA) is 37.8 Å². The molecule has 0 radical (unpaired) electrons. The molecule has 0 aliphatic heterocycles. The van der Waals surface area contributed by atoms with Gasteiger partial charge in [-0.1, -0.05) is 19.8 Å². The molecule has 15 heavy (non-hydrogen) atoms. The number of anilines is 1. The second-order valence-electron chi connectivity index (χ2n) is 4.52. The molecular formula is C12H19N3. The van der Waals surface area contributed by atoms with Crippen LogP contribution in [0.5, 0.6) is 0 Å². The van der Waals surface area contributed by atoms with Crippen molar-refractivity contribution in [3.63, 3.8) is 0 Å². The largest absolute Gasteiger partial charge is 0.373 e. The molecule has 2 atom stereocenters. The quantitative estimate of drug-likeness (QED) is 0.806. The number of nitrogens with zero attached hydrogens (tertiary/aromatic N) is 2. The Kier molecular flexibility index (Phi) is 3.19. The van der Waals surface area contributed by atoms with Crippen LogP contribution in [0.2, 0.25) is 0 Å². The van der Waals surface area contributed by atoms with Gasteiger partial charge in [0.2, 0.25) is 0 Å². The van der Waals surface area contributed by atoms with E-state index in [0.29, 0.717) is 5.92 Å². The molecule has 3 heteroatoms. The number of rotatable bonds is 2. The minimum absolute atomic E-state index is 0.571. The van der Waals surface area contributed by atoms with E-state index < -0.39 is 0 Å². The van der Waals surface area contributed by atoms with E-state index >= 15 is 0 Å². The highest BCUT2D eigenvalue weighted by atomic mass is 15.0. The van der Waals surface area contributed by atoms with Gasteiger partial charge in [0.05, 0.1) is 0 Å². The fraction of sp³-hybridized carbons (Fsp3) is 0.667. The van der Waals surface area contributed by atoms with Crippen LogP contribution in [0, 0.1) is 5.92 Å². The molecule has 1 aromatic heterocycles. The lowest BCUT2D eigenvalue weighted by molar-refractivity contribution is 0.335. The van der Waals surface area contributed by atoms with E-state index in [1.165, 1.54) is 25.7 Å². The summed E-state index contributed by atoms with van der Waals surface area (Å²) in [5, 5.41) is 3.07. The molecule has 1 aliphatic rings. The average Bonchev–Trinajstić information content (AvgIpc) is 2.29. The molecule has 1 aliphatic carbocycles. The maximum Gasteiger partial charge on any atom is 0.133 e. The third-order valence-electron chi connectivity index (χ3n) is 3.23. The highest BCUT2D eigenvalue weighted by Crippen LogP contribution is 2.34. The Hall–Kier alpha value is -1.12. The summed E-state index contributed by atoms with van der Waals surface area (Å²) in [4.78, 5) is 8.92. The number of hydrogen-bond acceptors (Lipinski definition) is 3. The number of aromatic nitrogens is 2. The Morgan fingerprint density at radius 2 is 2.27 bits per heavy atom. The van der Waals surface area contributed by atoms with Crippen LogP contribution in [0.25, 0.3) is 0 Å². The van der Waals surface area contributed by atoms with E-state index in [1.807, 2.05) is 19.3 Å². The second kappa shape index (κ2) is 4.60. The van der Waals surface area contributed by atoms with Gasteiger partial charge in [-0.15, -0.1) is 0 Å². The van der Waals surface area contributed by atoms with Crippen LogP contribution in [0.15, 0.2) is 12.3 Å². The molecular weight excluding hydrogens is 186 g/mol. The predicted molar refractivity (Wildman–Crippen MR) is 62.0 cm³/mol. The zero-order valence-electron chi connectivity index (χ0n) is 9.53. The molecule has 0 bridgehead atoms. The van der Waals surface area contributed by atoms with Crippen LogP contribution in [0.1, 0.15) is 44.3 Å². The summed E-state index contributed by atoms with van der Waals surface area (Å²) in [6.07, 6.45) is 7.03. The first kappa shape index (κ1) is 10.4. The lowest BCUT2D eigenvalue weighted by atomic mass is 9.82. The lowest BCUT2D eigenvalue weighted by Crippen LogP contribution is -2.14. The summed E-state index contributed by atoms with van der Waals surface area (Å²) >= 11 is 0. The van der Waals surface area contributed by atoms with Crippen LogP contribution < -0.4 is 5.32 Å². The van der Waals surface area contributed by atoms with E-state index in [9.17, 15) is 0 Å². The van der Waals surface area contributed by atoms with Crippen molar-refractivity contribution in [1.82, 2.24) is 9.97 Å². The Morgan fingerprint density at radius 3 is 3.00 bits per heavy atom. The fourth-order valence-electron chi connectivity index (χ4n) is 2.38. The van der Waals surface area contributed by atoms with Gasteiger partial charge in [0.25, 0.3) is 0 Å². The normalized spacial score (nSPS) is 26.3. The van der Waals surface area contributed by atoms with Crippen LogP contribution in [-0.2, 0) is 0 Å². The Labute approximate surface area is 91.3 Å². The molecule has 1 fully saturated rings. The maximum absolute atomic E-state index is 4.53. The smallest absolute Gasteiger partial charge is 0.133 e. The molecule has 1 aromatic rings. The third kappa shape index (κ3) is 2.46. The zero-order chi connectivity index (χ0) is 10.7. The summed E-state index contributed by atoms with van der Waals surface area (Å²) in [5.74, 6) is 3.35. The number of hydrogen-bond donors (Lipinski definition) is 1. The molecule has 0 aromatic carbocycles. The van der Waals surface area contributed by atoms with Crippen LogP contribution >= 0.6 is 0 Å². The first-order chi connectivity index (χ1) is 7.29. The van der Waals surface area contributed by atoms with Crippen LogP contribution in [0.4, 0.5) is 5.82 Å². The first-order valence-corrected chi connectivity index (χ1v) is 5.80. The molecule has 2 unspecified atom stereocenters. The predicted octanol–water partition coefficient (Wildman–Crippen LogP) is 2.81. The van der Waals surface area contributed by atoms with Crippen molar-refractivity contribution in [3.05, 3.63) is 18.1 Å². The minimum Gasteiger partial charge on any atom is -0.373 e. The van der Waals surface area contributed by atoms with Crippen molar-refractivity contribution in [3.8, 4) is 0 Å². The summed E-state index contributed by atoms with van der Waals surface area (Å²) in [6.45, 7) is 2.33. The van der Waals surface area contributed by atoms with Crippen molar-refractivity contribution >= 4 is 5.82 Å². The van der Waals surface area contributed by atoms with Gasteiger partial charge in [0, 0.05) is 19.2 Å². The molecule has 0 amide bonds. The van der Waals surface area contributed by atoms with Gasteiger partial charge in [-0.2, -0.15) is 0 Å². The summed E-state index contributed by atoms with van der Waals surface area (Å²) in [5.41, 5.74) is 0. The molecule has 2 rings (SSSR count). The Bertz CT molecular complexity index is 324. The molecule has 0 saturated heterocycles. The Balaban J connectivity index is 2.13. The van der Waals surface area contributed by atoms with Gasteiger partial charge < -0.3 is 5.32 Å². The van der Waals surface area contributed by atoms with E-state index in [2.05, 4.69) is 22.2 Å². The summed E-state index contributed by atoms with van der Waals surface area (Å²) in [7, 11) is 1.90. The third-order valence-corrected chi connectivity index (χ3v) is 3.23. The van der Waals surface area contributed by atoms with E-state index in [-0.39, 0.29) is 0 Å². The van der Waals surface area contributed by atoms with Gasteiger partial charge in [-0.3, -0.25) is 0 Å².